The molecule has 0 heterocycles. The van der Waals surface area contributed by atoms with Gasteiger partial charge in [0, 0.05) is 4.47 Å². The van der Waals surface area contributed by atoms with E-state index in [0.29, 0.717) is 0 Å². The highest BCUT2D eigenvalue weighted by Crippen LogP contribution is 2.47. The van der Waals surface area contributed by atoms with Crippen molar-refractivity contribution in [2.24, 2.45) is 0 Å². The fourth-order valence-electron chi connectivity index (χ4n) is 2.75. The summed E-state index contributed by atoms with van der Waals surface area (Å²) in [5, 5.41) is 9.39. The van der Waals surface area contributed by atoms with Crippen LogP contribution in [0.1, 0.15) is 57.2 Å². The van der Waals surface area contributed by atoms with E-state index in [0.717, 1.165) is 10.0 Å². The maximum atomic E-state index is 9.39. The number of fused-ring (bicyclic) bond motifs is 1. The molecule has 1 N–H and O–H groups in total. The van der Waals surface area contributed by atoms with Crippen molar-refractivity contribution in [3.8, 4) is 0 Å². The fraction of sp³-hybridized carbons (Fsp3) is 0.600. The maximum absolute atomic E-state index is 9.39. The van der Waals surface area contributed by atoms with E-state index >= 15 is 0 Å². The monoisotopic (exact) mass is 296 g/mol. The summed E-state index contributed by atoms with van der Waals surface area (Å²) in [5.74, 6) is 0. The first kappa shape index (κ1) is 13.1. The molecular weight excluding hydrogens is 276 g/mol. The van der Waals surface area contributed by atoms with Gasteiger partial charge in [-0.1, -0.05) is 49.7 Å². The highest BCUT2D eigenvalue weighted by atomic mass is 79.9. The normalized spacial score (nSPS) is 21.1. The van der Waals surface area contributed by atoms with Gasteiger partial charge < -0.3 is 5.11 Å². The number of benzene rings is 1. The van der Waals surface area contributed by atoms with Gasteiger partial charge in [-0.05, 0) is 46.4 Å². The Balaban J connectivity index is 2.68. The first-order valence-electron chi connectivity index (χ1n) is 6.22. The molecule has 0 saturated heterocycles. The van der Waals surface area contributed by atoms with Gasteiger partial charge in [0.15, 0.2) is 0 Å². The SMILES string of the molecule is CC1(C)CCC(C)(C)c2cc(CO)c(Br)cc21. The molecule has 1 aliphatic rings. The first-order chi connectivity index (χ1) is 7.78. The zero-order chi connectivity index (χ0) is 12.8. The topological polar surface area (TPSA) is 20.2 Å². The Morgan fingerprint density at radius 3 is 2.00 bits per heavy atom. The van der Waals surface area contributed by atoms with Crippen LogP contribution in [0.5, 0.6) is 0 Å². The van der Waals surface area contributed by atoms with E-state index in [2.05, 4.69) is 55.8 Å². The molecule has 0 amide bonds. The standard InChI is InChI=1S/C15H21BrO/c1-14(2)5-6-15(3,4)12-8-13(16)10(9-17)7-11(12)14/h7-8,17H,5-6,9H2,1-4H3. The summed E-state index contributed by atoms with van der Waals surface area (Å²) >= 11 is 3.56. The van der Waals surface area contributed by atoms with Crippen molar-refractivity contribution in [3.63, 3.8) is 0 Å². The Morgan fingerprint density at radius 1 is 1.06 bits per heavy atom. The summed E-state index contributed by atoms with van der Waals surface area (Å²) in [4.78, 5) is 0. The van der Waals surface area contributed by atoms with E-state index in [1.165, 1.54) is 24.0 Å². The van der Waals surface area contributed by atoms with Gasteiger partial charge in [-0.2, -0.15) is 0 Å². The third-order valence-electron chi connectivity index (χ3n) is 4.19. The molecule has 1 aromatic carbocycles. The second kappa shape index (κ2) is 4.10. The van der Waals surface area contributed by atoms with Crippen molar-refractivity contribution in [1.82, 2.24) is 0 Å². The number of aliphatic hydroxyl groups excluding tert-OH is 1. The first-order valence-corrected chi connectivity index (χ1v) is 7.01. The lowest BCUT2D eigenvalue weighted by Crippen LogP contribution is -2.34. The Morgan fingerprint density at radius 2 is 1.53 bits per heavy atom. The van der Waals surface area contributed by atoms with Crippen LogP contribution in [-0.4, -0.2) is 5.11 Å². The lowest BCUT2D eigenvalue weighted by atomic mass is 9.63. The lowest BCUT2D eigenvalue weighted by Gasteiger charge is -2.42. The number of rotatable bonds is 1. The Labute approximate surface area is 112 Å². The molecule has 94 valence electrons. The molecule has 1 nitrogen and oxygen atoms in total. The van der Waals surface area contributed by atoms with Gasteiger partial charge in [-0.3, -0.25) is 0 Å². The molecule has 0 saturated carbocycles. The van der Waals surface area contributed by atoms with Crippen molar-refractivity contribution in [1.29, 1.82) is 0 Å². The Kier molecular flexibility index (Phi) is 3.16. The minimum Gasteiger partial charge on any atom is -0.392 e. The molecule has 0 bridgehead atoms. The van der Waals surface area contributed by atoms with Crippen LogP contribution < -0.4 is 0 Å². The van der Waals surface area contributed by atoms with Gasteiger partial charge >= 0.3 is 0 Å². The van der Waals surface area contributed by atoms with Gasteiger partial charge in [0.2, 0.25) is 0 Å². The fourth-order valence-corrected chi connectivity index (χ4v) is 3.22. The summed E-state index contributed by atoms with van der Waals surface area (Å²) in [6, 6.07) is 4.39. The van der Waals surface area contributed by atoms with Gasteiger partial charge in [0.25, 0.3) is 0 Å². The van der Waals surface area contributed by atoms with Crippen molar-refractivity contribution in [2.75, 3.05) is 0 Å². The van der Waals surface area contributed by atoms with Crippen LogP contribution >= 0.6 is 15.9 Å². The molecule has 0 aromatic heterocycles. The van der Waals surface area contributed by atoms with Crippen LogP contribution in [0.15, 0.2) is 16.6 Å². The summed E-state index contributed by atoms with van der Waals surface area (Å²) < 4.78 is 1.03. The predicted octanol–water partition coefficient (Wildman–Crippen LogP) is 4.29. The molecule has 1 aliphatic carbocycles. The van der Waals surface area contributed by atoms with E-state index in [1.807, 2.05) is 0 Å². The van der Waals surface area contributed by atoms with Crippen LogP contribution in [0.2, 0.25) is 0 Å². The van der Waals surface area contributed by atoms with Crippen molar-refractivity contribution >= 4 is 15.9 Å². The average Bonchev–Trinajstić information content (AvgIpc) is 2.24. The summed E-state index contributed by atoms with van der Waals surface area (Å²) in [6.07, 6.45) is 2.43. The third kappa shape index (κ3) is 2.17. The predicted molar refractivity (Wildman–Crippen MR) is 75.4 cm³/mol. The van der Waals surface area contributed by atoms with Crippen LogP contribution in [0.25, 0.3) is 0 Å². The van der Waals surface area contributed by atoms with E-state index in [4.69, 9.17) is 0 Å². The van der Waals surface area contributed by atoms with Gasteiger partial charge in [0.1, 0.15) is 0 Å². The molecule has 1 aromatic rings. The number of halogens is 1. The minimum atomic E-state index is 0.102. The molecule has 17 heavy (non-hydrogen) atoms. The van der Waals surface area contributed by atoms with Gasteiger partial charge in [-0.25, -0.2) is 0 Å². The van der Waals surface area contributed by atoms with Crippen molar-refractivity contribution in [3.05, 3.63) is 33.3 Å². The Hall–Kier alpha value is -0.340. The molecule has 0 atom stereocenters. The third-order valence-corrected chi connectivity index (χ3v) is 4.93. The highest BCUT2D eigenvalue weighted by molar-refractivity contribution is 9.10. The minimum absolute atomic E-state index is 0.102. The quantitative estimate of drug-likeness (QED) is 0.820. The van der Waals surface area contributed by atoms with E-state index < -0.39 is 0 Å². The van der Waals surface area contributed by atoms with E-state index in [-0.39, 0.29) is 17.4 Å². The zero-order valence-corrected chi connectivity index (χ0v) is 12.7. The van der Waals surface area contributed by atoms with Crippen LogP contribution in [0.3, 0.4) is 0 Å². The smallest absolute Gasteiger partial charge is 0.0692 e. The molecule has 0 radical (unpaired) electrons. The molecular formula is C15H21BrO. The van der Waals surface area contributed by atoms with Gasteiger partial charge in [0.05, 0.1) is 6.61 Å². The summed E-state index contributed by atoms with van der Waals surface area (Å²) in [6.45, 7) is 9.33. The highest BCUT2D eigenvalue weighted by Gasteiger charge is 2.37. The summed E-state index contributed by atoms with van der Waals surface area (Å²) in [5.41, 5.74) is 4.28. The summed E-state index contributed by atoms with van der Waals surface area (Å²) in [7, 11) is 0. The number of hydrogen-bond donors (Lipinski definition) is 1. The second-order valence-electron chi connectivity index (χ2n) is 6.42. The lowest BCUT2D eigenvalue weighted by molar-refractivity contribution is 0.279. The van der Waals surface area contributed by atoms with Crippen LogP contribution in [0.4, 0.5) is 0 Å². The molecule has 2 heteroatoms. The maximum Gasteiger partial charge on any atom is 0.0692 e. The van der Waals surface area contributed by atoms with E-state index in [9.17, 15) is 5.11 Å². The molecule has 0 aliphatic heterocycles. The van der Waals surface area contributed by atoms with Crippen LogP contribution in [-0.2, 0) is 17.4 Å². The molecule has 0 unspecified atom stereocenters. The Bertz CT molecular complexity index is 446. The number of aliphatic hydroxyl groups is 1. The zero-order valence-electron chi connectivity index (χ0n) is 11.1. The number of hydrogen-bond acceptors (Lipinski definition) is 1. The second-order valence-corrected chi connectivity index (χ2v) is 7.27. The van der Waals surface area contributed by atoms with Crippen molar-refractivity contribution < 1.29 is 5.11 Å². The van der Waals surface area contributed by atoms with E-state index in [1.54, 1.807) is 0 Å². The largest absolute Gasteiger partial charge is 0.392 e. The van der Waals surface area contributed by atoms with Crippen LogP contribution in [0, 0.1) is 0 Å². The average molecular weight is 297 g/mol. The molecule has 0 spiro atoms. The molecule has 2 rings (SSSR count). The van der Waals surface area contributed by atoms with Crippen molar-refractivity contribution in [2.45, 2.75) is 58.0 Å². The van der Waals surface area contributed by atoms with Gasteiger partial charge in [-0.15, -0.1) is 0 Å². The molecule has 0 fully saturated rings.